The maximum absolute atomic E-state index is 13.4. The molecule has 0 aliphatic carbocycles. The molecule has 3 N–H and O–H groups in total. The number of halogens is 1. The zero-order valence-electron chi connectivity index (χ0n) is 11.1. The Kier molecular flexibility index (Phi) is 5.58. The second kappa shape index (κ2) is 7.17. The summed E-state index contributed by atoms with van der Waals surface area (Å²) in [6.07, 6.45) is 0.320. The van der Waals surface area contributed by atoms with Gasteiger partial charge in [-0.25, -0.2) is 9.18 Å². The number of carbonyl (C=O) groups is 2. The van der Waals surface area contributed by atoms with E-state index in [-0.39, 0.29) is 17.9 Å². The Morgan fingerprint density at radius 1 is 1.48 bits per heavy atom. The number of hydrogen-bond acceptors (Lipinski definition) is 4. The monoisotopic (exact) mass is 299 g/mol. The van der Waals surface area contributed by atoms with Crippen LogP contribution in [0.15, 0.2) is 18.2 Å². The van der Waals surface area contributed by atoms with Crippen LogP contribution in [0.4, 0.5) is 20.6 Å². The number of urea groups is 1. The molecule has 0 saturated carbocycles. The van der Waals surface area contributed by atoms with Crippen molar-refractivity contribution < 1.29 is 24.0 Å². The normalized spacial score (nSPS) is 11.5. The van der Waals surface area contributed by atoms with Crippen molar-refractivity contribution in [1.29, 1.82) is 0 Å². The third kappa shape index (κ3) is 4.71. The summed E-state index contributed by atoms with van der Waals surface area (Å²) in [7, 11) is 0. The first-order valence-corrected chi connectivity index (χ1v) is 6.06. The summed E-state index contributed by atoms with van der Waals surface area (Å²) in [5, 5.41) is 23.8. The Morgan fingerprint density at radius 2 is 2.14 bits per heavy atom. The van der Waals surface area contributed by atoms with Crippen molar-refractivity contribution in [3.05, 3.63) is 34.1 Å². The molecule has 8 nitrogen and oxygen atoms in total. The first-order valence-electron chi connectivity index (χ1n) is 6.06. The molecule has 1 aromatic carbocycles. The van der Waals surface area contributed by atoms with E-state index in [0.29, 0.717) is 6.42 Å². The number of hydrogen-bond donors (Lipinski definition) is 3. The van der Waals surface area contributed by atoms with E-state index in [1.165, 1.54) is 0 Å². The lowest BCUT2D eigenvalue weighted by molar-refractivity contribution is -0.384. The number of rotatable bonds is 6. The Hall–Kier alpha value is -2.71. The van der Waals surface area contributed by atoms with Crippen LogP contribution in [0.3, 0.4) is 0 Å². The number of nitro groups is 1. The number of carboxylic acids is 1. The average molecular weight is 299 g/mol. The molecule has 1 aromatic rings. The van der Waals surface area contributed by atoms with Crippen LogP contribution >= 0.6 is 0 Å². The topological polar surface area (TPSA) is 122 Å². The van der Waals surface area contributed by atoms with E-state index in [4.69, 9.17) is 5.11 Å². The Balaban J connectivity index is 2.68. The van der Waals surface area contributed by atoms with Crippen LogP contribution in [0.2, 0.25) is 0 Å². The predicted molar refractivity (Wildman–Crippen MR) is 71.5 cm³/mol. The molecule has 0 bridgehead atoms. The molecule has 2 amide bonds. The quantitative estimate of drug-likeness (QED) is 0.547. The van der Waals surface area contributed by atoms with E-state index in [2.05, 4.69) is 10.6 Å². The number of nitrogens with one attached hydrogen (secondary N) is 2. The number of amides is 2. The van der Waals surface area contributed by atoms with Crippen LogP contribution in [0.1, 0.15) is 13.3 Å². The number of nitrogens with zero attached hydrogens (tertiary/aromatic N) is 1. The zero-order valence-corrected chi connectivity index (χ0v) is 11.1. The fourth-order valence-corrected chi connectivity index (χ4v) is 1.51. The van der Waals surface area contributed by atoms with Gasteiger partial charge in [-0.15, -0.1) is 0 Å². The standard InChI is InChI=1S/C12H14FN3O5/c1-2-7(11(17)18)6-14-12(19)15-10-5-8(16(20)21)3-4-9(10)13/h3-5,7H,2,6H2,1H3,(H,17,18)(H2,14,15,19). The Morgan fingerprint density at radius 3 is 2.67 bits per heavy atom. The summed E-state index contributed by atoms with van der Waals surface area (Å²) in [4.78, 5) is 32.2. The third-order valence-electron chi connectivity index (χ3n) is 2.76. The number of non-ortho nitro benzene ring substituents is 1. The molecule has 0 spiro atoms. The Bertz CT molecular complexity index is 564. The molecule has 114 valence electrons. The fraction of sp³-hybridized carbons (Fsp3) is 0.333. The average Bonchev–Trinajstić information content (AvgIpc) is 2.41. The lowest BCUT2D eigenvalue weighted by atomic mass is 10.1. The van der Waals surface area contributed by atoms with Crippen LogP contribution in [0.5, 0.6) is 0 Å². The maximum atomic E-state index is 13.4. The maximum Gasteiger partial charge on any atom is 0.319 e. The summed E-state index contributed by atoms with van der Waals surface area (Å²) < 4.78 is 13.4. The summed E-state index contributed by atoms with van der Waals surface area (Å²) in [6, 6.07) is 1.87. The van der Waals surface area contributed by atoms with Gasteiger partial charge < -0.3 is 15.7 Å². The van der Waals surface area contributed by atoms with E-state index in [1.54, 1.807) is 6.92 Å². The predicted octanol–water partition coefficient (Wildman–Crippen LogP) is 1.97. The SMILES string of the molecule is CCC(CNC(=O)Nc1cc([N+](=O)[O-])ccc1F)C(=O)O. The van der Waals surface area contributed by atoms with Crippen molar-refractivity contribution in [2.75, 3.05) is 11.9 Å². The van der Waals surface area contributed by atoms with Gasteiger partial charge in [0.25, 0.3) is 5.69 Å². The van der Waals surface area contributed by atoms with Crippen molar-refractivity contribution in [3.8, 4) is 0 Å². The number of benzene rings is 1. The second-order valence-electron chi connectivity index (χ2n) is 4.20. The fourth-order valence-electron chi connectivity index (χ4n) is 1.51. The van der Waals surface area contributed by atoms with Gasteiger partial charge in [-0.05, 0) is 12.5 Å². The van der Waals surface area contributed by atoms with Crippen LogP contribution in [0, 0.1) is 21.8 Å². The zero-order chi connectivity index (χ0) is 16.0. The van der Waals surface area contributed by atoms with Crippen molar-refractivity contribution in [2.24, 2.45) is 5.92 Å². The molecular formula is C12H14FN3O5. The van der Waals surface area contributed by atoms with Gasteiger partial charge in [0.05, 0.1) is 16.5 Å². The molecule has 0 radical (unpaired) electrons. The van der Waals surface area contributed by atoms with Gasteiger partial charge in [-0.2, -0.15) is 0 Å². The van der Waals surface area contributed by atoms with Crippen LogP contribution in [-0.4, -0.2) is 28.6 Å². The molecule has 0 heterocycles. The highest BCUT2D eigenvalue weighted by molar-refractivity contribution is 5.90. The molecule has 0 aliphatic heterocycles. The Labute approximate surface area is 119 Å². The number of carboxylic acid groups (broad SMARTS) is 1. The van der Waals surface area contributed by atoms with Crippen LogP contribution < -0.4 is 10.6 Å². The van der Waals surface area contributed by atoms with Crippen molar-refractivity contribution in [1.82, 2.24) is 5.32 Å². The van der Waals surface area contributed by atoms with Gasteiger partial charge in [-0.3, -0.25) is 14.9 Å². The molecule has 21 heavy (non-hydrogen) atoms. The van der Waals surface area contributed by atoms with Gasteiger partial charge in [0.1, 0.15) is 5.82 Å². The van der Waals surface area contributed by atoms with Gasteiger partial charge in [0.15, 0.2) is 0 Å². The third-order valence-corrected chi connectivity index (χ3v) is 2.76. The number of carbonyl (C=O) groups excluding carboxylic acids is 1. The largest absolute Gasteiger partial charge is 0.481 e. The molecule has 1 unspecified atom stereocenters. The molecule has 1 rings (SSSR count). The highest BCUT2D eigenvalue weighted by atomic mass is 19.1. The van der Waals surface area contributed by atoms with Gasteiger partial charge in [0, 0.05) is 18.7 Å². The van der Waals surface area contributed by atoms with Gasteiger partial charge >= 0.3 is 12.0 Å². The molecular weight excluding hydrogens is 285 g/mol. The second-order valence-corrected chi connectivity index (χ2v) is 4.20. The first kappa shape index (κ1) is 16.3. The molecule has 0 saturated heterocycles. The lowest BCUT2D eigenvalue weighted by Gasteiger charge is -2.12. The van der Waals surface area contributed by atoms with E-state index in [1.807, 2.05) is 0 Å². The highest BCUT2D eigenvalue weighted by Gasteiger charge is 2.17. The van der Waals surface area contributed by atoms with Gasteiger partial charge in [-0.1, -0.05) is 6.92 Å². The number of nitro benzene ring substituents is 1. The molecule has 0 aromatic heterocycles. The van der Waals surface area contributed by atoms with E-state index in [9.17, 15) is 24.1 Å². The number of aliphatic carboxylic acids is 1. The van der Waals surface area contributed by atoms with Crippen molar-refractivity contribution in [2.45, 2.75) is 13.3 Å². The molecule has 1 atom stereocenters. The lowest BCUT2D eigenvalue weighted by Crippen LogP contribution is -2.35. The summed E-state index contributed by atoms with van der Waals surface area (Å²) in [5.74, 6) is -2.65. The number of anilines is 1. The smallest absolute Gasteiger partial charge is 0.319 e. The van der Waals surface area contributed by atoms with Crippen molar-refractivity contribution >= 4 is 23.4 Å². The minimum Gasteiger partial charge on any atom is -0.481 e. The minimum absolute atomic E-state index is 0.131. The molecule has 0 aliphatic rings. The highest BCUT2D eigenvalue weighted by Crippen LogP contribution is 2.21. The van der Waals surface area contributed by atoms with Crippen LogP contribution in [0.25, 0.3) is 0 Å². The summed E-state index contributed by atoms with van der Waals surface area (Å²) in [5.41, 5.74) is -0.728. The van der Waals surface area contributed by atoms with E-state index >= 15 is 0 Å². The van der Waals surface area contributed by atoms with Gasteiger partial charge in [0.2, 0.25) is 0 Å². The van der Waals surface area contributed by atoms with Crippen molar-refractivity contribution in [3.63, 3.8) is 0 Å². The first-order chi connectivity index (χ1) is 9.85. The summed E-state index contributed by atoms with van der Waals surface area (Å²) in [6.45, 7) is 1.52. The molecule has 9 heteroatoms. The minimum atomic E-state index is -1.06. The molecule has 0 fully saturated rings. The van der Waals surface area contributed by atoms with E-state index < -0.39 is 28.7 Å². The van der Waals surface area contributed by atoms with Crippen LogP contribution in [-0.2, 0) is 4.79 Å². The van der Waals surface area contributed by atoms with E-state index in [0.717, 1.165) is 18.2 Å². The summed E-state index contributed by atoms with van der Waals surface area (Å²) >= 11 is 0.